The highest BCUT2D eigenvalue weighted by Crippen LogP contribution is 2.16. The van der Waals surface area contributed by atoms with Gasteiger partial charge in [0.25, 0.3) is 11.5 Å². The molecule has 2 aromatic heterocycles. The molecule has 3 aromatic rings. The third kappa shape index (κ3) is 4.94. The largest absolute Gasteiger partial charge is 0.481 e. The number of piperazine rings is 1. The lowest BCUT2D eigenvalue weighted by Crippen LogP contribution is -2.51. The van der Waals surface area contributed by atoms with Crippen molar-refractivity contribution in [3.8, 4) is 5.75 Å². The van der Waals surface area contributed by atoms with Crippen molar-refractivity contribution in [2.75, 3.05) is 26.2 Å². The minimum Gasteiger partial charge on any atom is -0.481 e. The average Bonchev–Trinajstić information content (AvgIpc) is 2.74. The number of carbonyl (C=O) groups excluding carboxylic acids is 1. The molecule has 7 nitrogen and oxygen atoms in total. The van der Waals surface area contributed by atoms with Crippen LogP contribution in [-0.2, 0) is 11.3 Å². The second kappa shape index (κ2) is 8.89. The quantitative estimate of drug-likeness (QED) is 0.634. The molecule has 1 amide bonds. The van der Waals surface area contributed by atoms with E-state index in [1.54, 1.807) is 23.6 Å². The van der Waals surface area contributed by atoms with Gasteiger partial charge < -0.3 is 9.64 Å². The van der Waals surface area contributed by atoms with Gasteiger partial charge in [-0.25, -0.2) is 4.98 Å². The van der Waals surface area contributed by atoms with Crippen molar-refractivity contribution in [3.05, 3.63) is 75.8 Å². The van der Waals surface area contributed by atoms with Crippen LogP contribution in [0.15, 0.2) is 53.5 Å². The van der Waals surface area contributed by atoms with Gasteiger partial charge in [-0.05, 0) is 50.1 Å². The van der Waals surface area contributed by atoms with Gasteiger partial charge in [0.1, 0.15) is 11.4 Å². The van der Waals surface area contributed by atoms with Crippen LogP contribution in [0.1, 0.15) is 23.7 Å². The Balaban J connectivity index is 1.34. The number of pyridine rings is 1. The van der Waals surface area contributed by atoms with Gasteiger partial charge in [-0.15, -0.1) is 0 Å². The van der Waals surface area contributed by atoms with Crippen LogP contribution in [0.2, 0.25) is 0 Å². The summed E-state index contributed by atoms with van der Waals surface area (Å²) in [5.74, 6) is 0.710. The molecule has 1 atom stereocenters. The van der Waals surface area contributed by atoms with Crippen LogP contribution in [-0.4, -0.2) is 57.4 Å². The maximum atomic E-state index is 12.8. The van der Waals surface area contributed by atoms with Crippen LogP contribution in [0, 0.1) is 13.8 Å². The standard InChI is InChI=1S/C24H28N4O3/c1-17-5-4-6-21(13-17)31-19(3)24(30)27-11-9-26(10-12-27)16-20-14-23(29)28-15-18(2)7-8-22(28)25-20/h4-8,13-15,19H,9-12,16H2,1-3H3. The average molecular weight is 421 g/mol. The number of aromatic nitrogens is 2. The number of benzene rings is 1. The number of nitrogens with zero attached hydrogens (tertiary/aromatic N) is 4. The van der Waals surface area contributed by atoms with E-state index in [0.29, 0.717) is 31.0 Å². The Bertz CT molecular complexity index is 1150. The summed E-state index contributed by atoms with van der Waals surface area (Å²) in [4.78, 5) is 33.9. The van der Waals surface area contributed by atoms with Crippen molar-refractivity contribution < 1.29 is 9.53 Å². The molecular weight excluding hydrogens is 392 g/mol. The number of carbonyl (C=O) groups is 1. The van der Waals surface area contributed by atoms with E-state index < -0.39 is 6.10 Å². The second-order valence-corrected chi connectivity index (χ2v) is 8.20. The van der Waals surface area contributed by atoms with Crippen LogP contribution in [0.3, 0.4) is 0 Å². The summed E-state index contributed by atoms with van der Waals surface area (Å²) in [5.41, 5.74) is 3.46. The van der Waals surface area contributed by atoms with E-state index in [4.69, 9.17) is 4.74 Å². The zero-order valence-electron chi connectivity index (χ0n) is 18.2. The zero-order chi connectivity index (χ0) is 22.0. The highest BCUT2D eigenvalue weighted by atomic mass is 16.5. The third-order valence-corrected chi connectivity index (χ3v) is 5.58. The minimum absolute atomic E-state index is 0.00130. The molecule has 1 fully saturated rings. The van der Waals surface area contributed by atoms with Gasteiger partial charge in [0.05, 0.1) is 5.69 Å². The lowest BCUT2D eigenvalue weighted by atomic mass is 10.2. The van der Waals surface area contributed by atoms with Gasteiger partial charge in [-0.1, -0.05) is 18.2 Å². The predicted molar refractivity (Wildman–Crippen MR) is 119 cm³/mol. The lowest BCUT2D eigenvalue weighted by Gasteiger charge is -2.35. The number of aryl methyl sites for hydroxylation is 2. The molecule has 0 spiro atoms. The first-order chi connectivity index (χ1) is 14.9. The fourth-order valence-electron chi connectivity index (χ4n) is 3.89. The molecule has 1 aromatic carbocycles. The summed E-state index contributed by atoms with van der Waals surface area (Å²) < 4.78 is 7.42. The number of rotatable bonds is 5. The lowest BCUT2D eigenvalue weighted by molar-refractivity contribution is -0.139. The molecule has 1 saturated heterocycles. The highest BCUT2D eigenvalue weighted by Gasteiger charge is 2.26. The highest BCUT2D eigenvalue weighted by molar-refractivity contribution is 5.81. The van der Waals surface area contributed by atoms with E-state index in [0.717, 1.165) is 29.9 Å². The second-order valence-electron chi connectivity index (χ2n) is 8.20. The van der Waals surface area contributed by atoms with Gasteiger partial charge in [0.2, 0.25) is 0 Å². The molecule has 3 heterocycles. The molecule has 1 aliphatic rings. The Kier molecular flexibility index (Phi) is 6.04. The fraction of sp³-hybridized carbons (Fsp3) is 0.375. The van der Waals surface area contributed by atoms with Gasteiger partial charge in [-0.2, -0.15) is 0 Å². The van der Waals surface area contributed by atoms with Crippen molar-refractivity contribution in [1.82, 2.24) is 19.2 Å². The van der Waals surface area contributed by atoms with Crippen LogP contribution < -0.4 is 10.3 Å². The Morgan fingerprint density at radius 1 is 1.06 bits per heavy atom. The third-order valence-electron chi connectivity index (χ3n) is 5.58. The molecule has 0 radical (unpaired) electrons. The van der Waals surface area contributed by atoms with Crippen molar-refractivity contribution in [1.29, 1.82) is 0 Å². The summed E-state index contributed by atoms with van der Waals surface area (Å²) in [6, 6.07) is 13.1. The SMILES string of the molecule is Cc1cccc(OC(C)C(=O)N2CCN(Cc3cc(=O)n4cc(C)ccc4n3)CC2)c1. The first-order valence-electron chi connectivity index (χ1n) is 10.6. The molecule has 0 aliphatic carbocycles. The maximum absolute atomic E-state index is 12.8. The maximum Gasteiger partial charge on any atom is 0.263 e. The van der Waals surface area contributed by atoms with Crippen LogP contribution in [0.25, 0.3) is 5.65 Å². The summed E-state index contributed by atoms with van der Waals surface area (Å²) in [6.45, 7) is 9.07. The first kappa shape index (κ1) is 21.1. The molecule has 4 rings (SSSR count). The Labute approximate surface area is 181 Å². The summed E-state index contributed by atoms with van der Waals surface area (Å²) in [5, 5.41) is 0. The number of hydrogen-bond acceptors (Lipinski definition) is 5. The molecule has 31 heavy (non-hydrogen) atoms. The van der Waals surface area contributed by atoms with E-state index in [1.165, 1.54) is 0 Å². The number of fused-ring (bicyclic) bond motifs is 1. The van der Waals surface area contributed by atoms with Gasteiger partial charge >= 0.3 is 0 Å². The van der Waals surface area contributed by atoms with Gasteiger partial charge in [-0.3, -0.25) is 18.9 Å². The summed E-state index contributed by atoms with van der Waals surface area (Å²) >= 11 is 0. The van der Waals surface area contributed by atoms with Gasteiger partial charge in [0.15, 0.2) is 6.10 Å². The Morgan fingerprint density at radius 3 is 2.58 bits per heavy atom. The molecule has 1 aliphatic heterocycles. The minimum atomic E-state index is -0.529. The molecular formula is C24H28N4O3. The van der Waals surface area contributed by atoms with Crippen LogP contribution >= 0.6 is 0 Å². The Hall–Kier alpha value is -3.19. The molecule has 7 heteroatoms. The smallest absolute Gasteiger partial charge is 0.263 e. The topological polar surface area (TPSA) is 67.2 Å². The number of amides is 1. The van der Waals surface area contributed by atoms with E-state index in [9.17, 15) is 9.59 Å². The van der Waals surface area contributed by atoms with Gasteiger partial charge in [0, 0.05) is 45.0 Å². The van der Waals surface area contributed by atoms with E-state index in [-0.39, 0.29) is 11.5 Å². The molecule has 1 unspecified atom stereocenters. The van der Waals surface area contributed by atoms with E-state index in [1.807, 2.05) is 55.1 Å². The van der Waals surface area contributed by atoms with Crippen molar-refractivity contribution in [2.45, 2.75) is 33.4 Å². The monoisotopic (exact) mass is 420 g/mol. The zero-order valence-corrected chi connectivity index (χ0v) is 18.2. The molecule has 162 valence electrons. The van der Waals surface area contributed by atoms with Crippen molar-refractivity contribution in [3.63, 3.8) is 0 Å². The fourth-order valence-corrected chi connectivity index (χ4v) is 3.89. The summed E-state index contributed by atoms with van der Waals surface area (Å²) in [6.07, 6.45) is 1.28. The molecule has 0 N–H and O–H groups in total. The van der Waals surface area contributed by atoms with Crippen molar-refractivity contribution >= 4 is 11.6 Å². The normalized spacial score (nSPS) is 15.8. The van der Waals surface area contributed by atoms with E-state index >= 15 is 0 Å². The van der Waals surface area contributed by atoms with Crippen molar-refractivity contribution in [2.24, 2.45) is 0 Å². The predicted octanol–water partition coefficient (Wildman–Crippen LogP) is 2.42. The first-order valence-corrected chi connectivity index (χ1v) is 10.6. The molecule has 0 saturated carbocycles. The molecule has 0 bridgehead atoms. The van der Waals surface area contributed by atoms with E-state index in [2.05, 4.69) is 9.88 Å². The Morgan fingerprint density at radius 2 is 1.84 bits per heavy atom. The summed E-state index contributed by atoms with van der Waals surface area (Å²) in [7, 11) is 0. The van der Waals surface area contributed by atoms with Crippen LogP contribution in [0.5, 0.6) is 5.75 Å². The van der Waals surface area contributed by atoms with Crippen LogP contribution in [0.4, 0.5) is 0 Å². The number of ether oxygens (including phenoxy) is 1. The number of hydrogen-bond donors (Lipinski definition) is 0.